The number of hydrogen-bond acceptors (Lipinski definition) is 3. The van der Waals surface area contributed by atoms with E-state index in [4.69, 9.17) is 4.42 Å². The molecule has 13 rings (SSSR count). The zero-order chi connectivity index (χ0) is 46.8. The number of para-hydroxylation sites is 3. The van der Waals surface area contributed by atoms with Crippen LogP contribution in [0.2, 0.25) is 0 Å². The minimum absolute atomic E-state index is 0.0364. The largest absolute Gasteiger partial charge is 0.456 e. The number of aromatic nitrogens is 1. The molecule has 0 amide bonds. The van der Waals surface area contributed by atoms with Gasteiger partial charge in [0, 0.05) is 61.4 Å². The lowest BCUT2D eigenvalue weighted by Crippen LogP contribution is -2.60. The summed E-state index contributed by atoms with van der Waals surface area (Å²) in [6.07, 6.45) is 0. The predicted molar refractivity (Wildman–Crippen MR) is 289 cm³/mol. The van der Waals surface area contributed by atoms with Gasteiger partial charge in [-0.15, -0.1) is 0 Å². The van der Waals surface area contributed by atoms with Crippen molar-refractivity contribution in [2.75, 3.05) is 9.80 Å². The predicted octanol–water partition coefficient (Wildman–Crippen LogP) is 15.1. The molecule has 5 heteroatoms. The highest BCUT2D eigenvalue weighted by Crippen LogP contribution is 2.56. The molecule has 10 aromatic rings. The third-order valence-corrected chi connectivity index (χ3v) is 15.7. The van der Waals surface area contributed by atoms with Gasteiger partial charge in [0.25, 0.3) is 6.71 Å². The van der Waals surface area contributed by atoms with Crippen LogP contribution in [0, 0.1) is 13.8 Å². The Labute approximate surface area is 400 Å². The van der Waals surface area contributed by atoms with E-state index in [0.29, 0.717) is 0 Å². The molecule has 0 radical (unpaired) electrons. The third-order valence-electron chi connectivity index (χ3n) is 15.7. The van der Waals surface area contributed by atoms with E-state index in [0.717, 1.165) is 44.7 Å². The zero-order valence-electron chi connectivity index (χ0n) is 40.8. The molecule has 0 atom stereocenters. The zero-order valence-corrected chi connectivity index (χ0v) is 40.8. The summed E-state index contributed by atoms with van der Waals surface area (Å²) in [5.74, 6) is 0. The first-order valence-electron chi connectivity index (χ1n) is 24.4. The lowest BCUT2D eigenvalue weighted by Gasteiger charge is -2.42. The fraction of sp³-hybridized carbons (Fsp3) is 0.206. The van der Waals surface area contributed by atoms with Crippen LogP contribution in [0.1, 0.15) is 88.8 Å². The van der Waals surface area contributed by atoms with Gasteiger partial charge in [0.1, 0.15) is 11.2 Å². The number of furan rings is 1. The minimum Gasteiger partial charge on any atom is -0.456 e. The van der Waals surface area contributed by atoms with E-state index in [1.165, 1.54) is 89.0 Å². The Balaban J connectivity index is 1.21. The van der Waals surface area contributed by atoms with Gasteiger partial charge in [0.05, 0.1) is 16.8 Å². The SMILES string of the molecule is Cc1ccccc1N(c1ccc2c(c1)N(c1cccc3oc4ccccc4c13)c1cc(C(C)(C)C)cc3c1B2c1cc(C(C)(C)C)cc2c4c(n-3c12)-c1ccccc1C4(C)C)c1ccccc1C. The summed E-state index contributed by atoms with van der Waals surface area (Å²) in [7, 11) is 0. The number of hydrogen-bond donors (Lipinski definition) is 0. The molecule has 0 saturated carbocycles. The van der Waals surface area contributed by atoms with Gasteiger partial charge in [-0.3, -0.25) is 0 Å². The van der Waals surface area contributed by atoms with Crippen molar-refractivity contribution in [2.24, 2.45) is 0 Å². The van der Waals surface area contributed by atoms with Crippen LogP contribution in [-0.4, -0.2) is 11.3 Å². The Bertz CT molecular complexity index is 3750. The van der Waals surface area contributed by atoms with E-state index in [1.54, 1.807) is 0 Å². The highest BCUT2D eigenvalue weighted by atomic mass is 16.3. The highest BCUT2D eigenvalue weighted by molar-refractivity contribution is 7.00. The fourth-order valence-corrected chi connectivity index (χ4v) is 12.3. The summed E-state index contributed by atoms with van der Waals surface area (Å²) in [6.45, 7) is 23.5. The molecule has 3 aliphatic rings. The molecule has 0 spiro atoms. The maximum absolute atomic E-state index is 6.70. The summed E-state index contributed by atoms with van der Waals surface area (Å²) in [6, 6.07) is 59.4. The molecule has 0 N–H and O–H groups in total. The van der Waals surface area contributed by atoms with Crippen LogP contribution in [0.4, 0.5) is 34.1 Å². The van der Waals surface area contributed by atoms with E-state index in [1.807, 2.05) is 0 Å². The third kappa shape index (κ3) is 5.56. The molecule has 0 saturated heterocycles. The summed E-state index contributed by atoms with van der Waals surface area (Å²) in [5, 5.41) is 3.61. The Morgan fingerprint density at radius 3 is 1.90 bits per heavy atom. The van der Waals surface area contributed by atoms with Crippen molar-refractivity contribution in [3.8, 4) is 16.9 Å². The molecule has 1 aliphatic carbocycles. The van der Waals surface area contributed by atoms with E-state index < -0.39 is 0 Å². The maximum atomic E-state index is 6.70. The fourth-order valence-electron chi connectivity index (χ4n) is 12.3. The first-order chi connectivity index (χ1) is 32.6. The number of anilines is 6. The normalized spacial score (nSPS) is 14.4. The molecule has 68 heavy (non-hydrogen) atoms. The lowest BCUT2D eigenvalue weighted by atomic mass is 9.33. The first-order valence-corrected chi connectivity index (χ1v) is 24.4. The van der Waals surface area contributed by atoms with Crippen LogP contribution >= 0.6 is 0 Å². The van der Waals surface area contributed by atoms with Crippen molar-refractivity contribution in [3.63, 3.8) is 0 Å². The first kappa shape index (κ1) is 41.0. The average molecular weight is 882 g/mol. The summed E-state index contributed by atoms with van der Waals surface area (Å²) >= 11 is 0. The molecule has 4 heterocycles. The van der Waals surface area contributed by atoms with Crippen molar-refractivity contribution >= 4 is 90.1 Å². The monoisotopic (exact) mass is 881 g/mol. The van der Waals surface area contributed by atoms with Crippen molar-refractivity contribution in [1.82, 2.24) is 4.57 Å². The van der Waals surface area contributed by atoms with E-state index in [9.17, 15) is 0 Å². The Kier molecular flexibility index (Phi) is 8.39. The Morgan fingerprint density at radius 1 is 0.544 bits per heavy atom. The van der Waals surface area contributed by atoms with Gasteiger partial charge in [0.2, 0.25) is 0 Å². The van der Waals surface area contributed by atoms with Gasteiger partial charge in [-0.25, -0.2) is 0 Å². The van der Waals surface area contributed by atoms with Crippen LogP contribution < -0.4 is 26.2 Å². The standard InChI is InChI=1S/C63H56BN3O/c1-37-20-11-16-25-48(37)65(49-26-17-12-21-38(49)2)41-30-31-46-51(36-41)66(50-27-19-29-55-56(50)43-23-14-18-28-54(43)68-55)52-34-40(62(6,7)8)35-53-58(52)64(46)47-33-39(61(3,4)5)32-44-57-60(67(53)59(44)47)42-22-13-15-24-45(42)63(57,9)10/h11-36H,1-10H3. The van der Waals surface area contributed by atoms with Crippen LogP contribution in [-0.2, 0) is 16.2 Å². The van der Waals surface area contributed by atoms with Crippen LogP contribution in [0.15, 0.2) is 162 Å². The summed E-state index contributed by atoms with van der Waals surface area (Å²) < 4.78 is 9.41. The van der Waals surface area contributed by atoms with E-state index >= 15 is 0 Å². The van der Waals surface area contributed by atoms with Gasteiger partial charge in [-0.2, -0.15) is 0 Å². The molecule has 2 aliphatic heterocycles. The Hall–Kier alpha value is -7.24. The summed E-state index contributed by atoms with van der Waals surface area (Å²) in [5.41, 5.74) is 25.5. The van der Waals surface area contributed by atoms with Gasteiger partial charge in [0.15, 0.2) is 0 Å². The van der Waals surface area contributed by atoms with Crippen molar-refractivity contribution in [1.29, 1.82) is 0 Å². The molecule has 0 bridgehead atoms. The van der Waals surface area contributed by atoms with Crippen LogP contribution in [0.25, 0.3) is 49.8 Å². The average Bonchev–Trinajstić information content (AvgIpc) is 3.95. The number of fused-ring (bicyclic) bond motifs is 12. The number of nitrogens with zero attached hydrogens (tertiary/aromatic N) is 3. The quantitative estimate of drug-likeness (QED) is 0.165. The molecular weight excluding hydrogens is 826 g/mol. The molecule has 332 valence electrons. The van der Waals surface area contributed by atoms with E-state index in [-0.39, 0.29) is 23.0 Å². The Morgan fingerprint density at radius 2 is 1.18 bits per heavy atom. The van der Waals surface area contributed by atoms with Crippen LogP contribution in [0.5, 0.6) is 0 Å². The maximum Gasteiger partial charge on any atom is 0.252 e. The molecule has 8 aromatic carbocycles. The molecule has 0 unspecified atom stereocenters. The van der Waals surface area contributed by atoms with E-state index in [2.05, 4.69) is 241 Å². The van der Waals surface area contributed by atoms with Crippen molar-refractivity contribution in [3.05, 3.63) is 191 Å². The second-order valence-electron chi connectivity index (χ2n) is 22.3. The topological polar surface area (TPSA) is 24.6 Å². The van der Waals surface area contributed by atoms with Crippen molar-refractivity contribution in [2.45, 2.75) is 85.5 Å². The van der Waals surface area contributed by atoms with Gasteiger partial charge in [-0.1, -0.05) is 152 Å². The highest BCUT2D eigenvalue weighted by Gasteiger charge is 2.48. The summed E-state index contributed by atoms with van der Waals surface area (Å²) in [4.78, 5) is 5.08. The molecule has 2 aromatic heterocycles. The number of benzene rings is 8. The number of aryl methyl sites for hydroxylation is 2. The lowest BCUT2D eigenvalue weighted by molar-refractivity contribution is 0.590. The molecule has 0 fully saturated rings. The number of rotatable bonds is 4. The second kappa shape index (κ2) is 13.9. The van der Waals surface area contributed by atoms with Crippen LogP contribution in [0.3, 0.4) is 0 Å². The van der Waals surface area contributed by atoms with Gasteiger partial charge >= 0.3 is 0 Å². The van der Waals surface area contributed by atoms with Crippen molar-refractivity contribution < 1.29 is 4.42 Å². The molecular formula is C63H56BN3O. The second-order valence-corrected chi connectivity index (χ2v) is 22.3. The minimum atomic E-state index is -0.195. The van der Waals surface area contributed by atoms with Gasteiger partial charge in [-0.05, 0) is 135 Å². The van der Waals surface area contributed by atoms with Gasteiger partial charge < -0.3 is 18.8 Å². The molecule has 4 nitrogen and oxygen atoms in total. The smallest absolute Gasteiger partial charge is 0.252 e.